The highest BCUT2D eigenvalue weighted by molar-refractivity contribution is 9.10. The van der Waals surface area contributed by atoms with Gasteiger partial charge in [-0.2, -0.15) is 9.97 Å². The molecule has 0 aliphatic carbocycles. The van der Waals surface area contributed by atoms with E-state index < -0.39 is 0 Å². The Morgan fingerprint density at radius 3 is 2.71 bits per heavy atom. The number of nitrogen functional groups attached to an aromatic ring is 2. The molecule has 1 aromatic carbocycles. The van der Waals surface area contributed by atoms with Gasteiger partial charge in [0.05, 0.1) is 12.6 Å². The fourth-order valence-electron chi connectivity index (χ4n) is 3.10. The summed E-state index contributed by atoms with van der Waals surface area (Å²) in [5, 5.41) is 9.39. The van der Waals surface area contributed by atoms with E-state index in [1.54, 1.807) is 6.07 Å². The Bertz CT molecular complexity index is 692. The summed E-state index contributed by atoms with van der Waals surface area (Å²) in [5.41, 5.74) is 12.7. The third-order valence-electron chi connectivity index (χ3n) is 4.22. The van der Waals surface area contributed by atoms with Crippen molar-refractivity contribution < 1.29 is 5.11 Å². The molecule has 1 atom stereocenters. The number of aromatic nitrogens is 2. The average Bonchev–Trinajstić information content (AvgIpc) is 2.55. The van der Waals surface area contributed by atoms with Gasteiger partial charge in [0.25, 0.3) is 0 Å². The molecule has 7 nitrogen and oxygen atoms in total. The maximum absolute atomic E-state index is 9.39. The summed E-state index contributed by atoms with van der Waals surface area (Å²) in [6.45, 7) is 3.11. The molecule has 0 spiro atoms. The van der Waals surface area contributed by atoms with Crippen LogP contribution in [0.3, 0.4) is 0 Å². The van der Waals surface area contributed by atoms with Gasteiger partial charge in [-0.15, -0.1) is 0 Å². The normalized spacial score (nSPS) is 18.8. The van der Waals surface area contributed by atoms with Crippen molar-refractivity contribution in [2.24, 2.45) is 0 Å². The molecular formula is C16H21BrN6O. The summed E-state index contributed by atoms with van der Waals surface area (Å²) >= 11 is 3.64. The van der Waals surface area contributed by atoms with Crippen molar-refractivity contribution in [1.82, 2.24) is 14.9 Å². The lowest BCUT2D eigenvalue weighted by atomic mass is 10.0. The van der Waals surface area contributed by atoms with E-state index in [0.29, 0.717) is 12.4 Å². The number of piperazine rings is 1. The van der Waals surface area contributed by atoms with Gasteiger partial charge in [0.1, 0.15) is 11.6 Å². The van der Waals surface area contributed by atoms with Crippen LogP contribution < -0.4 is 16.4 Å². The van der Waals surface area contributed by atoms with E-state index in [1.807, 2.05) is 18.2 Å². The molecule has 3 rings (SSSR count). The summed E-state index contributed by atoms with van der Waals surface area (Å²) in [6.07, 6.45) is 0. The molecule has 0 bridgehead atoms. The van der Waals surface area contributed by atoms with E-state index in [4.69, 9.17) is 11.5 Å². The summed E-state index contributed by atoms with van der Waals surface area (Å²) < 4.78 is 1.06. The molecule has 0 radical (unpaired) electrons. The second kappa shape index (κ2) is 7.33. The molecule has 1 aliphatic heterocycles. The van der Waals surface area contributed by atoms with Crippen LogP contribution in [-0.2, 0) is 0 Å². The topological polar surface area (TPSA) is 105 Å². The number of β-amino-alcohol motifs (C(OH)–C–C–N with tert-alkyl or cyclic N) is 1. The summed E-state index contributed by atoms with van der Waals surface area (Å²) in [6, 6.07) is 10.0. The molecule has 0 saturated carbocycles. The van der Waals surface area contributed by atoms with Gasteiger partial charge in [-0.3, -0.25) is 4.90 Å². The Morgan fingerprint density at radius 1 is 1.21 bits per heavy atom. The van der Waals surface area contributed by atoms with Crippen molar-refractivity contribution in [3.8, 4) is 0 Å². The summed E-state index contributed by atoms with van der Waals surface area (Å²) in [7, 11) is 0. The first kappa shape index (κ1) is 16.9. The van der Waals surface area contributed by atoms with E-state index in [2.05, 4.69) is 41.8 Å². The van der Waals surface area contributed by atoms with Crippen molar-refractivity contribution in [3.63, 3.8) is 0 Å². The van der Waals surface area contributed by atoms with Gasteiger partial charge in [-0.05, 0) is 11.6 Å². The molecule has 1 fully saturated rings. The zero-order chi connectivity index (χ0) is 17.1. The number of halogens is 1. The highest BCUT2D eigenvalue weighted by atomic mass is 79.9. The summed E-state index contributed by atoms with van der Waals surface area (Å²) in [4.78, 5) is 12.7. The largest absolute Gasteiger partial charge is 0.395 e. The maximum atomic E-state index is 9.39. The number of benzene rings is 1. The number of hydrogen-bond acceptors (Lipinski definition) is 7. The Balaban J connectivity index is 1.90. The van der Waals surface area contributed by atoms with Crippen LogP contribution in [0.25, 0.3) is 0 Å². The van der Waals surface area contributed by atoms with E-state index in [0.717, 1.165) is 29.9 Å². The minimum atomic E-state index is 0.133. The fourth-order valence-corrected chi connectivity index (χ4v) is 3.65. The quantitative estimate of drug-likeness (QED) is 0.718. The molecule has 1 aliphatic rings. The zero-order valence-electron chi connectivity index (χ0n) is 13.3. The molecule has 1 saturated heterocycles. The highest BCUT2D eigenvalue weighted by Gasteiger charge is 2.30. The van der Waals surface area contributed by atoms with E-state index >= 15 is 0 Å². The van der Waals surface area contributed by atoms with E-state index in [9.17, 15) is 5.11 Å². The third kappa shape index (κ3) is 3.61. The molecule has 1 aromatic heterocycles. The van der Waals surface area contributed by atoms with Crippen LogP contribution in [0.15, 0.2) is 34.8 Å². The number of rotatable bonds is 4. The first-order valence-electron chi connectivity index (χ1n) is 7.83. The molecule has 128 valence electrons. The van der Waals surface area contributed by atoms with Gasteiger partial charge in [0, 0.05) is 36.7 Å². The van der Waals surface area contributed by atoms with Crippen LogP contribution in [-0.4, -0.2) is 52.8 Å². The SMILES string of the molecule is Nc1cc(N2CCN(CCO)[C@@H](c3ccccc3Br)C2)nc(N)n1. The second-order valence-corrected chi connectivity index (χ2v) is 6.61. The van der Waals surface area contributed by atoms with Gasteiger partial charge in [-0.25, -0.2) is 0 Å². The van der Waals surface area contributed by atoms with Crippen LogP contribution in [0, 0.1) is 0 Å². The van der Waals surface area contributed by atoms with Crippen molar-refractivity contribution in [3.05, 3.63) is 40.4 Å². The number of aliphatic hydroxyl groups excluding tert-OH is 1. The van der Waals surface area contributed by atoms with Gasteiger partial charge in [-0.1, -0.05) is 34.1 Å². The number of nitrogens with two attached hydrogens (primary N) is 2. The van der Waals surface area contributed by atoms with Crippen molar-refractivity contribution in [2.45, 2.75) is 6.04 Å². The minimum Gasteiger partial charge on any atom is -0.395 e. The van der Waals surface area contributed by atoms with Gasteiger partial charge in [0.15, 0.2) is 0 Å². The van der Waals surface area contributed by atoms with Gasteiger partial charge >= 0.3 is 0 Å². The number of anilines is 3. The van der Waals surface area contributed by atoms with Crippen molar-refractivity contribution >= 4 is 33.5 Å². The average molecular weight is 393 g/mol. The Morgan fingerprint density at radius 2 is 2.00 bits per heavy atom. The molecule has 0 unspecified atom stereocenters. The van der Waals surface area contributed by atoms with Crippen LogP contribution >= 0.6 is 15.9 Å². The van der Waals surface area contributed by atoms with Crippen molar-refractivity contribution in [2.75, 3.05) is 49.2 Å². The zero-order valence-corrected chi connectivity index (χ0v) is 14.9. The Hall–Kier alpha value is -1.90. The molecular weight excluding hydrogens is 372 g/mol. The smallest absolute Gasteiger partial charge is 0.223 e. The first-order valence-corrected chi connectivity index (χ1v) is 8.62. The van der Waals surface area contributed by atoms with Crippen LogP contribution in [0.4, 0.5) is 17.6 Å². The maximum Gasteiger partial charge on any atom is 0.223 e. The first-order chi connectivity index (χ1) is 11.6. The molecule has 8 heteroatoms. The predicted octanol–water partition coefficient (Wildman–Crippen LogP) is 1.26. The Kier molecular flexibility index (Phi) is 5.17. The molecule has 2 heterocycles. The van der Waals surface area contributed by atoms with E-state index in [1.165, 1.54) is 5.56 Å². The fraction of sp³-hybridized carbons (Fsp3) is 0.375. The van der Waals surface area contributed by atoms with Gasteiger partial charge in [0.2, 0.25) is 5.95 Å². The lowest BCUT2D eigenvalue weighted by molar-refractivity contribution is 0.137. The standard InChI is InChI=1S/C16H21BrN6O/c17-12-4-2-1-3-11(12)13-10-23(6-5-22(13)7-8-24)15-9-14(18)20-16(19)21-15/h1-4,9,13,24H,5-8,10H2,(H4,18,19,20,21)/t13-/m1/s1. The van der Waals surface area contributed by atoms with E-state index in [-0.39, 0.29) is 18.6 Å². The van der Waals surface area contributed by atoms with Gasteiger partial charge < -0.3 is 21.5 Å². The highest BCUT2D eigenvalue weighted by Crippen LogP contribution is 2.32. The van der Waals surface area contributed by atoms with Crippen molar-refractivity contribution in [1.29, 1.82) is 0 Å². The lowest BCUT2D eigenvalue weighted by Crippen LogP contribution is -2.49. The Labute approximate surface area is 149 Å². The number of nitrogens with zero attached hydrogens (tertiary/aromatic N) is 4. The molecule has 2 aromatic rings. The number of aliphatic hydroxyl groups is 1. The second-order valence-electron chi connectivity index (χ2n) is 5.75. The molecule has 24 heavy (non-hydrogen) atoms. The third-order valence-corrected chi connectivity index (χ3v) is 4.94. The predicted molar refractivity (Wildman–Crippen MR) is 98.6 cm³/mol. The lowest BCUT2D eigenvalue weighted by Gasteiger charge is -2.42. The monoisotopic (exact) mass is 392 g/mol. The summed E-state index contributed by atoms with van der Waals surface area (Å²) in [5.74, 6) is 1.29. The minimum absolute atomic E-state index is 0.133. The number of hydrogen-bond donors (Lipinski definition) is 3. The van der Waals surface area contributed by atoms with Crippen LogP contribution in [0.2, 0.25) is 0 Å². The molecule has 5 N–H and O–H groups in total. The van der Waals surface area contributed by atoms with Crippen LogP contribution in [0.1, 0.15) is 11.6 Å². The molecule has 0 amide bonds. The van der Waals surface area contributed by atoms with Crippen LogP contribution in [0.5, 0.6) is 0 Å².